The monoisotopic (exact) mass is 292 g/mol. The molecule has 1 aromatic rings. The molecule has 1 heterocycles. The van der Waals surface area contributed by atoms with Crippen LogP contribution >= 0.6 is 0 Å². The van der Waals surface area contributed by atoms with Crippen LogP contribution in [0.1, 0.15) is 32.3 Å². The summed E-state index contributed by atoms with van der Waals surface area (Å²) in [5.74, 6) is -0.0951. The first kappa shape index (κ1) is 16.0. The second-order valence-corrected chi connectivity index (χ2v) is 6.56. The van der Waals surface area contributed by atoms with Crippen molar-refractivity contribution in [1.29, 1.82) is 0 Å². The number of aryl methyl sites for hydroxylation is 1. The number of hydrogen-bond donors (Lipinski definition) is 1. The first-order valence-electron chi connectivity index (χ1n) is 7.67. The first-order chi connectivity index (χ1) is 9.95. The Morgan fingerprint density at radius 2 is 2.19 bits per heavy atom. The van der Waals surface area contributed by atoms with Crippen LogP contribution in [0.3, 0.4) is 0 Å². The molecule has 3 nitrogen and oxygen atoms in total. The van der Waals surface area contributed by atoms with E-state index in [9.17, 15) is 9.18 Å². The van der Waals surface area contributed by atoms with Crippen LogP contribution in [0.4, 0.5) is 4.39 Å². The number of nitrogens with zero attached hydrogens (tertiary/aromatic N) is 1. The molecule has 0 spiro atoms. The molecule has 1 aliphatic heterocycles. The normalized spacial score (nSPS) is 23.3. The topological polar surface area (TPSA) is 46.3 Å². The summed E-state index contributed by atoms with van der Waals surface area (Å²) in [5.41, 5.74) is 6.52. The zero-order valence-corrected chi connectivity index (χ0v) is 12.9. The smallest absolute Gasteiger partial charge is 0.225 e. The third kappa shape index (κ3) is 3.82. The molecular formula is C17H25FN2O. The van der Waals surface area contributed by atoms with Crippen LogP contribution in [0.5, 0.6) is 0 Å². The van der Waals surface area contributed by atoms with Crippen LogP contribution in [0.2, 0.25) is 0 Å². The summed E-state index contributed by atoms with van der Waals surface area (Å²) in [6.07, 6.45) is 2.24. The Morgan fingerprint density at radius 3 is 2.81 bits per heavy atom. The minimum atomic E-state index is -0.186. The second kappa shape index (κ2) is 6.56. The summed E-state index contributed by atoms with van der Waals surface area (Å²) < 4.78 is 13.6. The molecule has 1 fully saturated rings. The van der Waals surface area contributed by atoms with Crippen molar-refractivity contribution >= 4 is 5.91 Å². The standard InChI is InChI=1S/C17H25FN2O/c1-13(7-8-14-5-3-4-6-15(14)18)16(21)20-10-9-17(2,11-19)12-20/h3-6,13H,7-12,19H2,1-2H3. The summed E-state index contributed by atoms with van der Waals surface area (Å²) >= 11 is 0. The van der Waals surface area contributed by atoms with Gasteiger partial charge in [-0.25, -0.2) is 4.39 Å². The molecule has 21 heavy (non-hydrogen) atoms. The number of carbonyl (C=O) groups excluding carboxylic acids is 1. The predicted molar refractivity (Wildman–Crippen MR) is 82.2 cm³/mol. The van der Waals surface area contributed by atoms with Crippen molar-refractivity contribution in [3.05, 3.63) is 35.6 Å². The van der Waals surface area contributed by atoms with E-state index in [-0.39, 0.29) is 23.1 Å². The van der Waals surface area contributed by atoms with Gasteiger partial charge >= 0.3 is 0 Å². The Balaban J connectivity index is 1.88. The predicted octanol–water partition coefficient (Wildman–Crippen LogP) is 2.59. The van der Waals surface area contributed by atoms with E-state index in [2.05, 4.69) is 6.92 Å². The highest BCUT2D eigenvalue weighted by Crippen LogP contribution is 2.30. The molecule has 1 aliphatic rings. The first-order valence-corrected chi connectivity index (χ1v) is 7.67. The Morgan fingerprint density at radius 1 is 1.48 bits per heavy atom. The third-order valence-electron chi connectivity index (χ3n) is 4.59. The van der Waals surface area contributed by atoms with E-state index in [1.54, 1.807) is 12.1 Å². The van der Waals surface area contributed by atoms with Gasteiger partial charge in [0.15, 0.2) is 0 Å². The van der Waals surface area contributed by atoms with Crippen LogP contribution in [0, 0.1) is 17.2 Å². The molecule has 1 saturated heterocycles. The maximum absolute atomic E-state index is 13.6. The van der Waals surface area contributed by atoms with Gasteiger partial charge in [-0.3, -0.25) is 4.79 Å². The molecule has 2 unspecified atom stereocenters. The van der Waals surface area contributed by atoms with Gasteiger partial charge in [-0.15, -0.1) is 0 Å². The van der Waals surface area contributed by atoms with Crippen molar-refractivity contribution in [3.63, 3.8) is 0 Å². The van der Waals surface area contributed by atoms with Gasteiger partial charge in [-0.05, 0) is 42.9 Å². The quantitative estimate of drug-likeness (QED) is 0.906. The van der Waals surface area contributed by atoms with Gasteiger partial charge in [0.2, 0.25) is 5.91 Å². The lowest BCUT2D eigenvalue weighted by Crippen LogP contribution is -2.37. The van der Waals surface area contributed by atoms with Crippen molar-refractivity contribution in [2.24, 2.45) is 17.1 Å². The van der Waals surface area contributed by atoms with Gasteiger partial charge in [0.25, 0.3) is 0 Å². The second-order valence-electron chi connectivity index (χ2n) is 6.56. The number of amides is 1. The van der Waals surface area contributed by atoms with E-state index in [1.165, 1.54) is 6.07 Å². The summed E-state index contributed by atoms with van der Waals surface area (Å²) in [6.45, 7) is 6.20. The molecule has 4 heteroatoms. The molecule has 116 valence electrons. The van der Waals surface area contributed by atoms with Crippen molar-refractivity contribution in [2.75, 3.05) is 19.6 Å². The van der Waals surface area contributed by atoms with Crippen molar-refractivity contribution in [3.8, 4) is 0 Å². The Labute approximate surface area is 126 Å². The van der Waals surface area contributed by atoms with Crippen molar-refractivity contribution in [2.45, 2.75) is 33.1 Å². The lowest BCUT2D eigenvalue weighted by molar-refractivity contribution is -0.134. The summed E-state index contributed by atoms with van der Waals surface area (Å²) in [7, 11) is 0. The number of carbonyl (C=O) groups is 1. The largest absolute Gasteiger partial charge is 0.342 e. The van der Waals surface area contributed by atoms with Crippen molar-refractivity contribution < 1.29 is 9.18 Å². The van der Waals surface area contributed by atoms with Crippen LogP contribution in [-0.2, 0) is 11.2 Å². The number of likely N-dealkylation sites (tertiary alicyclic amines) is 1. The maximum Gasteiger partial charge on any atom is 0.225 e. The SMILES string of the molecule is CC(CCc1ccccc1F)C(=O)N1CCC(C)(CN)C1. The fourth-order valence-corrected chi connectivity index (χ4v) is 2.89. The van der Waals surface area contributed by atoms with Crippen LogP contribution in [-0.4, -0.2) is 30.4 Å². The Bertz CT molecular complexity index is 505. The molecule has 0 aliphatic carbocycles. The number of halogens is 1. The average molecular weight is 292 g/mol. The lowest BCUT2D eigenvalue weighted by Gasteiger charge is -2.24. The van der Waals surface area contributed by atoms with Gasteiger partial charge in [0.05, 0.1) is 0 Å². The maximum atomic E-state index is 13.6. The fourth-order valence-electron chi connectivity index (χ4n) is 2.89. The fraction of sp³-hybridized carbons (Fsp3) is 0.588. The average Bonchev–Trinajstić information content (AvgIpc) is 2.88. The van der Waals surface area contributed by atoms with Gasteiger partial charge in [-0.2, -0.15) is 0 Å². The lowest BCUT2D eigenvalue weighted by atomic mass is 9.90. The Hall–Kier alpha value is -1.42. The highest BCUT2D eigenvalue weighted by Gasteiger charge is 2.36. The van der Waals surface area contributed by atoms with Crippen LogP contribution in [0.25, 0.3) is 0 Å². The minimum Gasteiger partial charge on any atom is -0.342 e. The van der Waals surface area contributed by atoms with E-state index in [4.69, 9.17) is 5.73 Å². The van der Waals surface area contributed by atoms with Gasteiger partial charge in [0.1, 0.15) is 5.82 Å². The van der Waals surface area contributed by atoms with E-state index in [0.717, 1.165) is 19.5 Å². The molecule has 2 atom stereocenters. The summed E-state index contributed by atoms with van der Waals surface area (Å²) in [4.78, 5) is 14.4. The molecule has 0 aromatic heterocycles. The van der Waals surface area contributed by atoms with Crippen LogP contribution in [0.15, 0.2) is 24.3 Å². The van der Waals surface area contributed by atoms with E-state index >= 15 is 0 Å². The van der Waals surface area contributed by atoms with E-state index in [1.807, 2.05) is 17.9 Å². The molecule has 2 rings (SSSR count). The van der Waals surface area contributed by atoms with Crippen LogP contribution < -0.4 is 5.73 Å². The van der Waals surface area contributed by atoms with Crippen molar-refractivity contribution in [1.82, 2.24) is 4.90 Å². The number of hydrogen-bond acceptors (Lipinski definition) is 2. The molecule has 1 aromatic carbocycles. The minimum absolute atomic E-state index is 0.0565. The van der Waals surface area contributed by atoms with E-state index in [0.29, 0.717) is 24.9 Å². The number of benzene rings is 1. The zero-order valence-electron chi connectivity index (χ0n) is 12.9. The molecule has 0 radical (unpaired) electrons. The highest BCUT2D eigenvalue weighted by molar-refractivity contribution is 5.78. The van der Waals surface area contributed by atoms with E-state index < -0.39 is 0 Å². The van der Waals surface area contributed by atoms with Gasteiger partial charge in [0, 0.05) is 19.0 Å². The zero-order chi connectivity index (χ0) is 15.5. The number of rotatable bonds is 5. The molecule has 0 bridgehead atoms. The molecule has 0 saturated carbocycles. The molecule has 1 amide bonds. The summed E-state index contributed by atoms with van der Waals surface area (Å²) in [6, 6.07) is 6.77. The Kier molecular flexibility index (Phi) is 4.99. The summed E-state index contributed by atoms with van der Waals surface area (Å²) in [5, 5.41) is 0. The van der Waals surface area contributed by atoms with Gasteiger partial charge in [-0.1, -0.05) is 32.0 Å². The highest BCUT2D eigenvalue weighted by atomic mass is 19.1. The molecule has 2 N–H and O–H groups in total. The number of nitrogens with two attached hydrogens (primary N) is 1. The molecular weight excluding hydrogens is 267 g/mol. The van der Waals surface area contributed by atoms with Gasteiger partial charge < -0.3 is 10.6 Å². The third-order valence-corrected chi connectivity index (χ3v) is 4.59.